The lowest BCUT2D eigenvalue weighted by Gasteiger charge is -2.19. The van der Waals surface area contributed by atoms with E-state index in [1.165, 1.54) is 0 Å². The molecule has 0 aliphatic heterocycles. The smallest absolute Gasteiger partial charge is 0.307 e. The summed E-state index contributed by atoms with van der Waals surface area (Å²) in [5, 5.41) is 12.5. The van der Waals surface area contributed by atoms with Crippen LogP contribution in [0.25, 0.3) is 0 Å². The number of aliphatic hydroxyl groups excluding tert-OH is 1. The Labute approximate surface area is 98.4 Å². The van der Waals surface area contributed by atoms with Gasteiger partial charge in [0.25, 0.3) is 0 Å². The highest BCUT2D eigenvalue weighted by Crippen LogP contribution is 2.07. The molecule has 0 bridgehead atoms. The van der Waals surface area contributed by atoms with Crippen LogP contribution in [0.15, 0.2) is 0 Å². The maximum Gasteiger partial charge on any atom is 0.307 e. The monoisotopic (exact) mass is 231 g/mol. The molecule has 0 fully saturated rings. The minimum atomic E-state index is -0.418. The van der Waals surface area contributed by atoms with Crippen molar-refractivity contribution < 1.29 is 14.6 Å². The SMILES string of the molecule is CCCC(O)CNCCC(=O)OC(C)(C)C. The third kappa shape index (κ3) is 9.93. The first-order chi connectivity index (χ1) is 7.35. The molecule has 0 saturated heterocycles. The third-order valence-corrected chi connectivity index (χ3v) is 1.93. The van der Waals surface area contributed by atoms with E-state index in [0.29, 0.717) is 19.5 Å². The molecule has 1 unspecified atom stereocenters. The van der Waals surface area contributed by atoms with Gasteiger partial charge in [0.15, 0.2) is 0 Å². The Kier molecular flexibility index (Phi) is 7.34. The standard InChI is InChI=1S/C12H25NO3/c1-5-6-10(14)9-13-8-7-11(15)16-12(2,3)4/h10,13-14H,5-9H2,1-4H3. The predicted octanol–water partition coefficient (Wildman–Crippen LogP) is 1.47. The number of carbonyl (C=O) groups excluding carboxylic acids is 1. The lowest BCUT2D eigenvalue weighted by Crippen LogP contribution is -2.30. The molecule has 96 valence electrons. The van der Waals surface area contributed by atoms with Crippen molar-refractivity contribution in [3.05, 3.63) is 0 Å². The molecule has 0 rings (SSSR count). The van der Waals surface area contributed by atoms with E-state index >= 15 is 0 Å². The average molecular weight is 231 g/mol. The molecule has 0 aliphatic rings. The van der Waals surface area contributed by atoms with E-state index in [-0.39, 0.29) is 12.1 Å². The van der Waals surface area contributed by atoms with Crippen LogP contribution in [0.5, 0.6) is 0 Å². The Morgan fingerprint density at radius 1 is 1.44 bits per heavy atom. The highest BCUT2D eigenvalue weighted by molar-refractivity contribution is 5.70. The van der Waals surface area contributed by atoms with E-state index in [1.807, 2.05) is 27.7 Å². The Hall–Kier alpha value is -0.610. The molecule has 0 amide bonds. The summed E-state index contributed by atoms with van der Waals surface area (Å²) in [5.41, 5.74) is -0.418. The fourth-order valence-electron chi connectivity index (χ4n) is 1.29. The summed E-state index contributed by atoms with van der Waals surface area (Å²) in [6, 6.07) is 0. The quantitative estimate of drug-likeness (QED) is 0.514. The molecule has 0 radical (unpaired) electrons. The Morgan fingerprint density at radius 2 is 2.06 bits per heavy atom. The lowest BCUT2D eigenvalue weighted by atomic mass is 10.2. The number of hydrogen-bond donors (Lipinski definition) is 2. The molecule has 0 aliphatic carbocycles. The summed E-state index contributed by atoms with van der Waals surface area (Å²) in [6.07, 6.45) is 1.79. The van der Waals surface area contributed by atoms with Crippen molar-refractivity contribution in [3.63, 3.8) is 0 Å². The molecule has 0 spiro atoms. The maximum absolute atomic E-state index is 11.3. The van der Waals surface area contributed by atoms with Gasteiger partial charge >= 0.3 is 5.97 Å². The van der Waals surface area contributed by atoms with Crippen molar-refractivity contribution >= 4 is 5.97 Å². The van der Waals surface area contributed by atoms with Crippen LogP contribution in [-0.4, -0.2) is 35.9 Å². The molecule has 0 aromatic rings. The molecule has 2 N–H and O–H groups in total. The molecular formula is C12H25NO3. The van der Waals surface area contributed by atoms with E-state index in [0.717, 1.165) is 12.8 Å². The van der Waals surface area contributed by atoms with Crippen molar-refractivity contribution in [2.24, 2.45) is 0 Å². The van der Waals surface area contributed by atoms with Crippen LogP contribution in [0.3, 0.4) is 0 Å². The fourth-order valence-corrected chi connectivity index (χ4v) is 1.29. The summed E-state index contributed by atoms with van der Waals surface area (Å²) in [4.78, 5) is 11.3. The first-order valence-electron chi connectivity index (χ1n) is 5.95. The van der Waals surface area contributed by atoms with E-state index in [2.05, 4.69) is 5.32 Å². The van der Waals surface area contributed by atoms with E-state index in [1.54, 1.807) is 0 Å². The van der Waals surface area contributed by atoms with Gasteiger partial charge in [0.05, 0.1) is 12.5 Å². The van der Waals surface area contributed by atoms with Crippen LogP contribution in [0.1, 0.15) is 47.0 Å². The summed E-state index contributed by atoms with van der Waals surface area (Å²) in [6.45, 7) is 8.67. The van der Waals surface area contributed by atoms with Crippen molar-refractivity contribution in [1.29, 1.82) is 0 Å². The largest absolute Gasteiger partial charge is 0.460 e. The first kappa shape index (κ1) is 15.4. The minimum Gasteiger partial charge on any atom is -0.460 e. The van der Waals surface area contributed by atoms with Gasteiger partial charge < -0.3 is 15.2 Å². The topological polar surface area (TPSA) is 58.6 Å². The minimum absolute atomic E-state index is 0.204. The summed E-state index contributed by atoms with van der Waals surface area (Å²) >= 11 is 0. The Balaban J connectivity index is 3.48. The van der Waals surface area contributed by atoms with E-state index in [4.69, 9.17) is 4.74 Å². The number of aliphatic hydroxyl groups is 1. The number of ether oxygens (including phenoxy) is 1. The third-order valence-electron chi connectivity index (χ3n) is 1.93. The van der Waals surface area contributed by atoms with Gasteiger partial charge in [-0.1, -0.05) is 13.3 Å². The summed E-state index contributed by atoms with van der Waals surface area (Å²) in [5.74, 6) is -0.204. The molecule has 4 nitrogen and oxygen atoms in total. The second-order valence-electron chi connectivity index (χ2n) is 4.98. The van der Waals surface area contributed by atoms with E-state index in [9.17, 15) is 9.90 Å². The van der Waals surface area contributed by atoms with Gasteiger partial charge in [-0.25, -0.2) is 0 Å². The van der Waals surface area contributed by atoms with Gasteiger partial charge in [-0.3, -0.25) is 4.79 Å². The van der Waals surface area contributed by atoms with Crippen LogP contribution in [0.4, 0.5) is 0 Å². The van der Waals surface area contributed by atoms with Gasteiger partial charge in [0.1, 0.15) is 5.60 Å². The van der Waals surface area contributed by atoms with Gasteiger partial charge in [-0.15, -0.1) is 0 Å². The highest BCUT2D eigenvalue weighted by atomic mass is 16.6. The zero-order valence-electron chi connectivity index (χ0n) is 10.9. The molecule has 16 heavy (non-hydrogen) atoms. The Morgan fingerprint density at radius 3 is 2.56 bits per heavy atom. The van der Waals surface area contributed by atoms with Crippen molar-refractivity contribution in [2.75, 3.05) is 13.1 Å². The van der Waals surface area contributed by atoms with Gasteiger partial charge in [-0.2, -0.15) is 0 Å². The lowest BCUT2D eigenvalue weighted by molar-refractivity contribution is -0.154. The number of hydrogen-bond acceptors (Lipinski definition) is 4. The predicted molar refractivity (Wildman–Crippen MR) is 64.2 cm³/mol. The van der Waals surface area contributed by atoms with Gasteiger partial charge in [0, 0.05) is 13.1 Å². The fraction of sp³-hybridized carbons (Fsp3) is 0.917. The van der Waals surface area contributed by atoms with Gasteiger partial charge in [-0.05, 0) is 27.2 Å². The van der Waals surface area contributed by atoms with Crippen molar-refractivity contribution in [2.45, 2.75) is 58.7 Å². The van der Waals surface area contributed by atoms with E-state index < -0.39 is 5.60 Å². The first-order valence-corrected chi connectivity index (χ1v) is 5.95. The van der Waals surface area contributed by atoms with Crippen LogP contribution < -0.4 is 5.32 Å². The molecule has 0 heterocycles. The summed E-state index contributed by atoms with van der Waals surface area (Å²) in [7, 11) is 0. The molecule has 0 aromatic carbocycles. The molecule has 0 saturated carbocycles. The maximum atomic E-state index is 11.3. The average Bonchev–Trinajstić information content (AvgIpc) is 2.10. The number of carbonyl (C=O) groups is 1. The van der Waals surface area contributed by atoms with Crippen LogP contribution in [0, 0.1) is 0 Å². The second-order valence-corrected chi connectivity index (χ2v) is 4.98. The highest BCUT2D eigenvalue weighted by Gasteiger charge is 2.15. The molecule has 0 aromatic heterocycles. The summed E-state index contributed by atoms with van der Waals surface area (Å²) < 4.78 is 5.15. The Bertz CT molecular complexity index is 199. The van der Waals surface area contributed by atoms with Crippen molar-refractivity contribution in [1.82, 2.24) is 5.32 Å². The number of nitrogens with one attached hydrogen (secondary N) is 1. The van der Waals surface area contributed by atoms with Crippen molar-refractivity contribution in [3.8, 4) is 0 Å². The normalized spacial score (nSPS) is 13.6. The molecular weight excluding hydrogens is 206 g/mol. The zero-order valence-corrected chi connectivity index (χ0v) is 10.9. The van der Waals surface area contributed by atoms with Crippen LogP contribution in [-0.2, 0) is 9.53 Å². The zero-order chi connectivity index (χ0) is 12.6. The number of esters is 1. The van der Waals surface area contributed by atoms with Gasteiger partial charge in [0.2, 0.25) is 0 Å². The molecule has 1 atom stereocenters. The second kappa shape index (κ2) is 7.63. The van der Waals surface area contributed by atoms with Crippen LogP contribution in [0.2, 0.25) is 0 Å². The molecule has 4 heteroatoms. The van der Waals surface area contributed by atoms with Crippen LogP contribution >= 0.6 is 0 Å². The number of rotatable bonds is 7.